The van der Waals surface area contributed by atoms with Crippen LogP contribution in [0.4, 0.5) is 4.39 Å². The smallest absolute Gasteiger partial charge is 0.439 e. The molecule has 0 unspecified atom stereocenters. The van der Waals surface area contributed by atoms with Crippen molar-refractivity contribution < 1.29 is 19.2 Å². The molecular formula is C14H15BFNO3. The second-order valence-electron chi connectivity index (χ2n) is 4.67. The molecule has 2 N–H and O–H groups in total. The van der Waals surface area contributed by atoms with Gasteiger partial charge in [0.05, 0.1) is 0 Å². The van der Waals surface area contributed by atoms with E-state index in [2.05, 4.69) is 4.98 Å². The topological polar surface area (TPSA) is 62.6 Å². The Morgan fingerprint density at radius 3 is 2.40 bits per heavy atom. The first-order valence-electron chi connectivity index (χ1n) is 6.16. The third kappa shape index (κ3) is 2.97. The molecule has 0 spiro atoms. The first kappa shape index (κ1) is 14.5. The molecule has 0 atom stereocenters. The molecule has 6 heteroatoms. The van der Waals surface area contributed by atoms with Crippen LogP contribution in [0.1, 0.15) is 16.8 Å². The molecule has 0 aliphatic rings. The van der Waals surface area contributed by atoms with Crippen molar-refractivity contribution in [1.29, 1.82) is 0 Å². The molecule has 4 nitrogen and oxygen atoms in total. The number of rotatable bonds is 3. The fraction of sp³-hybridized carbons (Fsp3) is 0.214. The molecule has 0 amide bonds. The predicted octanol–water partition coefficient (Wildman–Crippen LogP) is 1.62. The molecule has 20 heavy (non-hydrogen) atoms. The van der Waals surface area contributed by atoms with Crippen LogP contribution in [0, 0.1) is 26.6 Å². The van der Waals surface area contributed by atoms with Gasteiger partial charge in [0, 0.05) is 11.2 Å². The maximum atomic E-state index is 13.1. The summed E-state index contributed by atoms with van der Waals surface area (Å²) in [6, 6.07) is 5.71. The number of pyridine rings is 1. The first-order valence-corrected chi connectivity index (χ1v) is 6.16. The van der Waals surface area contributed by atoms with Crippen LogP contribution in [0.3, 0.4) is 0 Å². The molecule has 0 fully saturated rings. The van der Waals surface area contributed by atoms with E-state index in [9.17, 15) is 14.4 Å². The predicted molar refractivity (Wildman–Crippen MR) is 74.7 cm³/mol. The highest BCUT2D eigenvalue weighted by molar-refractivity contribution is 6.59. The standard InChI is InChI=1S/C14H15BFNO3/c1-8-7-12(15(18)19)14(17-10(8)3)20-13-5-4-11(16)6-9(13)2/h4-7,18-19H,1-3H3. The molecule has 1 aromatic heterocycles. The van der Waals surface area contributed by atoms with Gasteiger partial charge >= 0.3 is 7.12 Å². The van der Waals surface area contributed by atoms with Crippen molar-refractivity contribution in [2.45, 2.75) is 20.8 Å². The van der Waals surface area contributed by atoms with Gasteiger partial charge in [-0.05, 0) is 50.1 Å². The summed E-state index contributed by atoms with van der Waals surface area (Å²) in [5.74, 6) is 0.173. The Labute approximate surface area is 117 Å². The van der Waals surface area contributed by atoms with Crippen molar-refractivity contribution in [1.82, 2.24) is 4.98 Å². The lowest BCUT2D eigenvalue weighted by molar-refractivity contribution is 0.417. The molecule has 0 bridgehead atoms. The molecule has 104 valence electrons. The zero-order valence-corrected chi connectivity index (χ0v) is 11.5. The number of hydrogen-bond acceptors (Lipinski definition) is 4. The van der Waals surface area contributed by atoms with Gasteiger partial charge in [-0.25, -0.2) is 9.37 Å². The highest BCUT2D eigenvalue weighted by atomic mass is 19.1. The number of aromatic nitrogens is 1. The van der Waals surface area contributed by atoms with Crippen molar-refractivity contribution in [3.05, 3.63) is 46.9 Å². The van der Waals surface area contributed by atoms with Gasteiger partial charge in [-0.15, -0.1) is 0 Å². The lowest BCUT2D eigenvalue weighted by atomic mass is 9.80. The third-order valence-corrected chi connectivity index (χ3v) is 3.08. The van der Waals surface area contributed by atoms with Crippen LogP contribution in [-0.2, 0) is 0 Å². The summed E-state index contributed by atoms with van der Waals surface area (Å²) in [7, 11) is -1.68. The van der Waals surface area contributed by atoms with Crippen molar-refractivity contribution in [3.8, 4) is 11.6 Å². The van der Waals surface area contributed by atoms with Gasteiger partial charge < -0.3 is 14.8 Å². The van der Waals surface area contributed by atoms with Gasteiger partial charge in [0.15, 0.2) is 0 Å². The van der Waals surface area contributed by atoms with E-state index in [0.29, 0.717) is 11.3 Å². The minimum Gasteiger partial charge on any atom is -0.439 e. The number of ether oxygens (including phenoxy) is 1. The Balaban J connectivity index is 2.44. The van der Waals surface area contributed by atoms with Gasteiger partial charge in [-0.2, -0.15) is 0 Å². The molecule has 0 aliphatic carbocycles. The Morgan fingerprint density at radius 1 is 1.10 bits per heavy atom. The van der Waals surface area contributed by atoms with E-state index in [4.69, 9.17) is 4.74 Å². The Bertz CT molecular complexity index is 647. The van der Waals surface area contributed by atoms with Gasteiger partial charge in [-0.3, -0.25) is 0 Å². The van der Waals surface area contributed by atoms with E-state index in [1.165, 1.54) is 18.2 Å². The maximum absolute atomic E-state index is 13.1. The van der Waals surface area contributed by atoms with E-state index in [-0.39, 0.29) is 17.2 Å². The minimum atomic E-state index is -1.68. The number of aryl methyl sites for hydroxylation is 3. The summed E-state index contributed by atoms with van der Waals surface area (Å²) in [5, 5.41) is 18.8. The summed E-state index contributed by atoms with van der Waals surface area (Å²) in [6.07, 6.45) is 0. The van der Waals surface area contributed by atoms with Crippen molar-refractivity contribution in [2.24, 2.45) is 0 Å². The minimum absolute atomic E-state index is 0.109. The van der Waals surface area contributed by atoms with Crippen LogP contribution >= 0.6 is 0 Å². The third-order valence-electron chi connectivity index (χ3n) is 3.08. The number of benzene rings is 1. The Morgan fingerprint density at radius 2 is 1.80 bits per heavy atom. The average molecular weight is 275 g/mol. The molecule has 0 radical (unpaired) electrons. The zero-order chi connectivity index (χ0) is 14.9. The van der Waals surface area contributed by atoms with E-state index >= 15 is 0 Å². The molecular weight excluding hydrogens is 260 g/mol. The van der Waals surface area contributed by atoms with E-state index in [1.54, 1.807) is 19.9 Å². The van der Waals surface area contributed by atoms with Gasteiger partial charge in [0.2, 0.25) is 5.88 Å². The summed E-state index contributed by atoms with van der Waals surface area (Å²) in [5.41, 5.74) is 2.33. The molecule has 1 aromatic carbocycles. The quantitative estimate of drug-likeness (QED) is 0.835. The average Bonchev–Trinajstić information content (AvgIpc) is 2.36. The number of nitrogens with zero attached hydrogens (tertiary/aromatic N) is 1. The van der Waals surface area contributed by atoms with Crippen LogP contribution in [-0.4, -0.2) is 22.2 Å². The normalized spacial score (nSPS) is 10.5. The SMILES string of the molecule is Cc1cc(F)ccc1Oc1nc(C)c(C)cc1B(O)O. The lowest BCUT2D eigenvalue weighted by Crippen LogP contribution is -2.32. The second kappa shape index (κ2) is 5.60. The molecule has 1 heterocycles. The fourth-order valence-corrected chi connectivity index (χ4v) is 1.80. The largest absolute Gasteiger partial charge is 0.494 e. The maximum Gasteiger partial charge on any atom is 0.494 e. The summed E-state index contributed by atoms with van der Waals surface area (Å²) in [6.45, 7) is 5.32. The van der Waals surface area contributed by atoms with Crippen molar-refractivity contribution >= 4 is 12.6 Å². The van der Waals surface area contributed by atoms with E-state index in [0.717, 1.165) is 11.3 Å². The zero-order valence-electron chi connectivity index (χ0n) is 11.5. The Hall–Kier alpha value is -1.92. The second-order valence-corrected chi connectivity index (χ2v) is 4.67. The first-order chi connectivity index (χ1) is 9.38. The number of hydrogen-bond donors (Lipinski definition) is 2. The highest BCUT2D eigenvalue weighted by Gasteiger charge is 2.21. The van der Waals surface area contributed by atoms with E-state index < -0.39 is 7.12 Å². The highest BCUT2D eigenvalue weighted by Crippen LogP contribution is 2.24. The number of halogens is 1. The molecule has 0 aliphatic heterocycles. The lowest BCUT2D eigenvalue weighted by Gasteiger charge is -2.13. The molecule has 0 saturated carbocycles. The molecule has 2 aromatic rings. The summed E-state index contributed by atoms with van der Waals surface area (Å²) in [4.78, 5) is 4.22. The summed E-state index contributed by atoms with van der Waals surface area (Å²) < 4.78 is 18.7. The fourth-order valence-electron chi connectivity index (χ4n) is 1.80. The van der Waals surface area contributed by atoms with Gasteiger partial charge in [0.25, 0.3) is 0 Å². The van der Waals surface area contributed by atoms with Gasteiger partial charge in [-0.1, -0.05) is 6.07 Å². The molecule has 0 saturated heterocycles. The van der Waals surface area contributed by atoms with Crippen LogP contribution in [0.5, 0.6) is 11.6 Å². The molecule has 2 rings (SSSR count). The Kier molecular flexibility index (Phi) is 4.06. The van der Waals surface area contributed by atoms with Crippen LogP contribution < -0.4 is 10.2 Å². The van der Waals surface area contributed by atoms with Crippen molar-refractivity contribution in [2.75, 3.05) is 0 Å². The monoisotopic (exact) mass is 275 g/mol. The van der Waals surface area contributed by atoms with Crippen LogP contribution in [0.15, 0.2) is 24.3 Å². The van der Waals surface area contributed by atoms with Gasteiger partial charge in [0.1, 0.15) is 11.6 Å². The summed E-state index contributed by atoms with van der Waals surface area (Å²) >= 11 is 0. The van der Waals surface area contributed by atoms with E-state index in [1.807, 2.05) is 6.92 Å². The van der Waals surface area contributed by atoms with Crippen LogP contribution in [0.25, 0.3) is 0 Å². The van der Waals surface area contributed by atoms with Crippen molar-refractivity contribution in [3.63, 3.8) is 0 Å². The van der Waals surface area contributed by atoms with Crippen LogP contribution in [0.2, 0.25) is 0 Å².